The maximum absolute atomic E-state index is 11.6. The number of carboxylic acids is 1. The van der Waals surface area contributed by atoms with Crippen LogP contribution in [0.4, 0.5) is 5.69 Å². The largest absolute Gasteiger partial charge is 0.481 e. The molecule has 108 valence electrons. The molecule has 1 aromatic carbocycles. The summed E-state index contributed by atoms with van der Waals surface area (Å²) in [6, 6.07) is 6.50. The lowest BCUT2D eigenvalue weighted by Crippen LogP contribution is -2.43. The number of fused-ring (bicyclic) bond motifs is 1. The quantitative estimate of drug-likeness (QED) is 0.787. The van der Waals surface area contributed by atoms with E-state index in [0.717, 1.165) is 0 Å². The number of sulfone groups is 1. The van der Waals surface area contributed by atoms with Crippen molar-refractivity contribution in [3.63, 3.8) is 0 Å². The van der Waals surface area contributed by atoms with Gasteiger partial charge in [-0.2, -0.15) is 0 Å². The number of anilines is 1. The number of aliphatic carboxylic acids is 1. The van der Waals surface area contributed by atoms with Crippen molar-refractivity contribution >= 4 is 21.5 Å². The SMILES string of the molecule is O=C(O)C1CN(C2CS(=O)(=O)CC2O)c2ccccc21. The normalized spacial score (nSPS) is 31.2. The number of aliphatic hydroxyl groups excluding tert-OH is 1. The van der Waals surface area contributed by atoms with Crippen LogP contribution in [-0.4, -0.2) is 54.8 Å². The van der Waals surface area contributed by atoms with Crippen molar-refractivity contribution < 1.29 is 23.4 Å². The Kier molecular flexibility index (Phi) is 2.98. The second kappa shape index (κ2) is 4.46. The van der Waals surface area contributed by atoms with Crippen molar-refractivity contribution in [2.24, 2.45) is 0 Å². The van der Waals surface area contributed by atoms with Gasteiger partial charge in [-0.15, -0.1) is 0 Å². The fourth-order valence-electron chi connectivity index (χ4n) is 3.07. The molecule has 1 aromatic rings. The van der Waals surface area contributed by atoms with Crippen molar-refractivity contribution in [2.45, 2.75) is 18.1 Å². The summed E-state index contributed by atoms with van der Waals surface area (Å²) in [5, 5.41) is 19.2. The number of carboxylic acid groups (broad SMARTS) is 1. The van der Waals surface area contributed by atoms with Gasteiger partial charge in [-0.05, 0) is 11.6 Å². The molecule has 1 saturated heterocycles. The zero-order valence-electron chi connectivity index (χ0n) is 10.6. The predicted molar refractivity (Wildman–Crippen MR) is 72.6 cm³/mol. The molecule has 2 N–H and O–H groups in total. The van der Waals surface area contributed by atoms with E-state index in [0.29, 0.717) is 11.3 Å². The molecule has 2 heterocycles. The predicted octanol–water partition coefficient (Wildman–Crippen LogP) is -0.167. The molecule has 3 rings (SSSR count). The van der Waals surface area contributed by atoms with E-state index in [2.05, 4.69) is 0 Å². The highest BCUT2D eigenvalue weighted by molar-refractivity contribution is 7.91. The van der Waals surface area contributed by atoms with E-state index in [1.54, 1.807) is 29.2 Å². The average molecular weight is 297 g/mol. The summed E-state index contributed by atoms with van der Waals surface area (Å²) in [6.45, 7) is 0.200. The highest BCUT2D eigenvalue weighted by atomic mass is 32.2. The first-order valence-electron chi connectivity index (χ1n) is 6.36. The van der Waals surface area contributed by atoms with Crippen LogP contribution in [0.3, 0.4) is 0 Å². The van der Waals surface area contributed by atoms with Crippen LogP contribution in [0.15, 0.2) is 24.3 Å². The fourth-order valence-corrected chi connectivity index (χ4v) is 4.87. The highest BCUT2D eigenvalue weighted by Crippen LogP contribution is 2.39. The maximum Gasteiger partial charge on any atom is 0.312 e. The van der Waals surface area contributed by atoms with Crippen LogP contribution in [-0.2, 0) is 14.6 Å². The van der Waals surface area contributed by atoms with Gasteiger partial charge in [0.25, 0.3) is 0 Å². The minimum Gasteiger partial charge on any atom is -0.481 e. The molecule has 2 aliphatic heterocycles. The van der Waals surface area contributed by atoms with Crippen LogP contribution in [0, 0.1) is 0 Å². The fraction of sp³-hybridized carbons (Fsp3) is 0.462. The number of para-hydroxylation sites is 1. The van der Waals surface area contributed by atoms with Crippen molar-refractivity contribution in [3.05, 3.63) is 29.8 Å². The smallest absolute Gasteiger partial charge is 0.312 e. The van der Waals surface area contributed by atoms with Gasteiger partial charge in [-0.25, -0.2) is 8.42 Å². The number of nitrogens with zero attached hydrogens (tertiary/aromatic N) is 1. The van der Waals surface area contributed by atoms with E-state index in [4.69, 9.17) is 0 Å². The van der Waals surface area contributed by atoms with Gasteiger partial charge in [0.1, 0.15) is 5.92 Å². The van der Waals surface area contributed by atoms with Crippen molar-refractivity contribution in [3.8, 4) is 0 Å². The Morgan fingerprint density at radius 3 is 2.55 bits per heavy atom. The molecular formula is C13H15NO5S. The van der Waals surface area contributed by atoms with Gasteiger partial charge in [0.2, 0.25) is 0 Å². The van der Waals surface area contributed by atoms with Crippen LogP contribution in [0.25, 0.3) is 0 Å². The number of benzene rings is 1. The third kappa shape index (κ3) is 2.06. The van der Waals surface area contributed by atoms with Crippen LogP contribution in [0.1, 0.15) is 11.5 Å². The van der Waals surface area contributed by atoms with Gasteiger partial charge in [-0.1, -0.05) is 18.2 Å². The molecule has 7 heteroatoms. The first kappa shape index (κ1) is 13.4. The average Bonchev–Trinajstić information content (AvgIpc) is 2.86. The molecule has 0 spiro atoms. The molecule has 0 aromatic heterocycles. The number of hydrogen-bond acceptors (Lipinski definition) is 5. The molecule has 20 heavy (non-hydrogen) atoms. The summed E-state index contributed by atoms with van der Waals surface area (Å²) in [5.74, 6) is -2.00. The third-order valence-electron chi connectivity index (χ3n) is 3.99. The van der Waals surface area contributed by atoms with Crippen LogP contribution in [0.2, 0.25) is 0 Å². The van der Waals surface area contributed by atoms with E-state index >= 15 is 0 Å². The summed E-state index contributed by atoms with van der Waals surface area (Å²) >= 11 is 0. The minimum atomic E-state index is -3.26. The van der Waals surface area contributed by atoms with Gasteiger partial charge in [0.05, 0.1) is 23.7 Å². The van der Waals surface area contributed by atoms with Gasteiger partial charge >= 0.3 is 5.97 Å². The number of aliphatic hydroxyl groups is 1. The van der Waals surface area contributed by atoms with E-state index in [9.17, 15) is 23.4 Å². The zero-order chi connectivity index (χ0) is 14.5. The van der Waals surface area contributed by atoms with Crippen LogP contribution >= 0.6 is 0 Å². The van der Waals surface area contributed by atoms with Crippen LogP contribution < -0.4 is 4.90 Å². The zero-order valence-corrected chi connectivity index (χ0v) is 11.5. The monoisotopic (exact) mass is 297 g/mol. The van der Waals surface area contributed by atoms with Gasteiger partial charge < -0.3 is 15.1 Å². The number of carbonyl (C=O) groups is 1. The summed E-state index contributed by atoms with van der Waals surface area (Å²) in [6.07, 6.45) is -0.972. The molecule has 0 amide bonds. The topological polar surface area (TPSA) is 94.9 Å². The Balaban J connectivity index is 1.99. The second-order valence-corrected chi connectivity index (χ2v) is 7.47. The Morgan fingerprint density at radius 2 is 1.95 bits per heavy atom. The molecule has 0 bridgehead atoms. The molecule has 3 atom stereocenters. The Bertz CT molecular complexity index is 656. The molecule has 3 unspecified atom stereocenters. The summed E-state index contributed by atoms with van der Waals surface area (Å²) < 4.78 is 23.3. The molecule has 0 radical (unpaired) electrons. The van der Waals surface area contributed by atoms with Gasteiger partial charge in [-0.3, -0.25) is 4.79 Å². The molecule has 0 saturated carbocycles. The van der Waals surface area contributed by atoms with Crippen molar-refractivity contribution in [1.29, 1.82) is 0 Å². The Morgan fingerprint density at radius 1 is 1.25 bits per heavy atom. The lowest BCUT2D eigenvalue weighted by Gasteiger charge is -2.28. The summed E-state index contributed by atoms with van der Waals surface area (Å²) in [5.41, 5.74) is 1.39. The number of rotatable bonds is 2. The van der Waals surface area contributed by atoms with E-state index in [1.807, 2.05) is 0 Å². The summed E-state index contributed by atoms with van der Waals surface area (Å²) in [4.78, 5) is 13.1. The second-order valence-electron chi connectivity index (χ2n) is 5.31. The Labute approximate surface area is 116 Å². The molecule has 2 aliphatic rings. The third-order valence-corrected chi connectivity index (χ3v) is 5.69. The lowest BCUT2D eigenvalue weighted by atomic mass is 10.0. The Hall–Kier alpha value is -1.60. The molecule has 1 fully saturated rings. The minimum absolute atomic E-state index is 0.130. The molecule has 6 nitrogen and oxygen atoms in total. The van der Waals surface area contributed by atoms with E-state index in [-0.39, 0.29) is 18.1 Å². The van der Waals surface area contributed by atoms with Crippen molar-refractivity contribution in [1.82, 2.24) is 0 Å². The first-order valence-corrected chi connectivity index (χ1v) is 8.18. The maximum atomic E-state index is 11.6. The van der Waals surface area contributed by atoms with Gasteiger partial charge in [0.15, 0.2) is 9.84 Å². The standard InChI is InChI=1S/C13H15NO5S/c15-12-7-20(18,19)6-11(12)14-5-9(13(16)17)8-3-1-2-4-10(8)14/h1-4,9,11-12,15H,5-7H2,(H,16,17). The first-order chi connectivity index (χ1) is 9.39. The van der Waals surface area contributed by atoms with E-state index < -0.39 is 33.9 Å². The van der Waals surface area contributed by atoms with Crippen LogP contribution in [0.5, 0.6) is 0 Å². The van der Waals surface area contributed by atoms with Gasteiger partial charge in [0, 0.05) is 12.2 Å². The molecule has 0 aliphatic carbocycles. The lowest BCUT2D eigenvalue weighted by molar-refractivity contribution is -0.138. The van der Waals surface area contributed by atoms with E-state index in [1.165, 1.54) is 0 Å². The summed E-state index contributed by atoms with van der Waals surface area (Å²) in [7, 11) is -3.26. The highest BCUT2D eigenvalue weighted by Gasteiger charge is 2.45. The number of hydrogen-bond donors (Lipinski definition) is 2. The van der Waals surface area contributed by atoms with Crippen molar-refractivity contribution in [2.75, 3.05) is 23.0 Å². The molecular weight excluding hydrogens is 282 g/mol.